The maximum atomic E-state index is 11.7. The van der Waals surface area contributed by atoms with Gasteiger partial charge in [0.05, 0.1) is 17.7 Å². The number of aromatic nitrogens is 1. The molecule has 0 aliphatic carbocycles. The molecule has 20 heavy (non-hydrogen) atoms. The molecular weight excluding hydrogens is 270 g/mol. The molecule has 9 heteroatoms. The first kappa shape index (κ1) is 15.6. The van der Waals surface area contributed by atoms with Crippen molar-refractivity contribution in [3.05, 3.63) is 28.1 Å². The van der Waals surface area contributed by atoms with Crippen LogP contribution in [0.1, 0.15) is 17.4 Å². The molecule has 0 aliphatic rings. The molecule has 1 rings (SSSR count). The fourth-order valence-electron chi connectivity index (χ4n) is 1.67. The van der Waals surface area contributed by atoms with Crippen LogP contribution in [0.15, 0.2) is 12.3 Å². The molecule has 0 fully saturated rings. The van der Waals surface area contributed by atoms with Gasteiger partial charge in [-0.1, -0.05) is 0 Å². The van der Waals surface area contributed by atoms with Crippen molar-refractivity contribution in [2.24, 2.45) is 0 Å². The summed E-state index contributed by atoms with van der Waals surface area (Å²) in [6.45, 7) is 1.71. The molecule has 1 heterocycles. The lowest BCUT2D eigenvalue weighted by atomic mass is 10.3. The van der Waals surface area contributed by atoms with E-state index in [9.17, 15) is 19.7 Å². The Morgan fingerprint density at radius 1 is 1.60 bits per heavy atom. The molecule has 2 N–H and O–H groups in total. The van der Waals surface area contributed by atoms with Crippen molar-refractivity contribution in [1.29, 1.82) is 0 Å². The van der Waals surface area contributed by atoms with Crippen molar-refractivity contribution >= 4 is 17.6 Å². The highest BCUT2D eigenvalue weighted by Crippen LogP contribution is 2.16. The van der Waals surface area contributed by atoms with Crippen LogP contribution in [0.4, 0.5) is 5.69 Å². The third kappa shape index (κ3) is 4.05. The van der Waals surface area contributed by atoms with Crippen LogP contribution in [0.2, 0.25) is 0 Å². The monoisotopic (exact) mass is 285 g/mol. The molecule has 1 aromatic rings. The molecule has 1 amide bonds. The van der Waals surface area contributed by atoms with Crippen LogP contribution in [-0.4, -0.2) is 46.2 Å². The van der Waals surface area contributed by atoms with Gasteiger partial charge in [-0.05, 0) is 6.92 Å². The van der Waals surface area contributed by atoms with Gasteiger partial charge >= 0.3 is 5.97 Å². The van der Waals surface area contributed by atoms with Crippen LogP contribution in [-0.2, 0) is 16.1 Å². The predicted octanol–water partition coefficient (Wildman–Crippen LogP) is 0.246. The van der Waals surface area contributed by atoms with E-state index in [-0.39, 0.29) is 24.0 Å². The summed E-state index contributed by atoms with van der Waals surface area (Å²) in [5.74, 6) is -1.79. The number of aromatic carboxylic acids is 1. The summed E-state index contributed by atoms with van der Waals surface area (Å²) in [6.07, 6.45) is 1.02. The first-order valence-corrected chi connectivity index (χ1v) is 5.71. The topological polar surface area (TPSA) is 124 Å². The second-order valence-corrected chi connectivity index (χ2v) is 4.20. The second kappa shape index (κ2) is 6.66. The first-order chi connectivity index (χ1) is 9.35. The molecule has 0 radical (unpaired) electrons. The number of nitro groups is 1. The third-order valence-corrected chi connectivity index (χ3v) is 2.45. The van der Waals surface area contributed by atoms with Gasteiger partial charge in [0.2, 0.25) is 5.91 Å². The lowest BCUT2D eigenvalue weighted by Crippen LogP contribution is -2.38. The molecule has 0 saturated heterocycles. The molecule has 1 atom stereocenters. The minimum Gasteiger partial charge on any atom is -0.477 e. The van der Waals surface area contributed by atoms with Crippen molar-refractivity contribution < 1.29 is 24.4 Å². The number of carbonyl (C=O) groups is 2. The lowest BCUT2D eigenvalue weighted by molar-refractivity contribution is -0.384. The van der Waals surface area contributed by atoms with Crippen LogP contribution in [0.3, 0.4) is 0 Å². The molecule has 9 nitrogen and oxygen atoms in total. The highest BCUT2D eigenvalue weighted by Gasteiger charge is 2.20. The van der Waals surface area contributed by atoms with Gasteiger partial charge in [-0.15, -0.1) is 0 Å². The number of nitrogens with zero attached hydrogens (tertiary/aromatic N) is 2. The highest BCUT2D eigenvalue weighted by molar-refractivity contribution is 5.88. The Morgan fingerprint density at radius 3 is 2.75 bits per heavy atom. The summed E-state index contributed by atoms with van der Waals surface area (Å²) in [6, 6.07) is 0.667. The summed E-state index contributed by atoms with van der Waals surface area (Å²) in [5.41, 5.74) is -0.689. The van der Waals surface area contributed by atoms with E-state index in [4.69, 9.17) is 9.84 Å². The van der Waals surface area contributed by atoms with Crippen LogP contribution in [0.5, 0.6) is 0 Å². The largest absolute Gasteiger partial charge is 0.477 e. The number of carboxylic acid groups (broad SMARTS) is 1. The zero-order valence-corrected chi connectivity index (χ0v) is 11.0. The molecule has 0 aliphatic heterocycles. The van der Waals surface area contributed by atoms with Gasteiger partial charge in [0, 0.05) is 19.2 Å². The SMILES string of the molecule is COCC(C)NC(=O)Cn1cc([N+](=O)[O-])cc1C(=O)O. The molecule has 0 bridgehead atoms. The first-order valence-electron chi connectivity index (χ1n) is 5.71. The summed E-state index contributed by atoms with van der Waals surface area (Å²) in [5, 5.41) is 22.2. The number of amides is 1. The predicted molar refractivity (Wildman–Crippen MR) is 67.5 cm³/mol. The van der Waals surface area contributed by atoms with Crippen molar-refractivity contribution in [1.82, 2.24) is 9.88 Å². The second-order valence-electron chi connectivity index (χ2n) is 4.20. The van der Waals surface area contributed by atoms with Gasteiger partial charge in [-0.3, -0.25) is 14.9 Å². The highest BCUT2D eigenvalue weighted by atomic mass is 16.6. The summed E-state index contributed by atoms with van der Waals surface area (Å²) >= 11 is 0. The van der Waals surface area contributed by atoms with Crippen molar-refractivity contribution in [3.63, 3.8) is 0 Å². The fraction of sp³-hybridized carbons (Fsp3) is 0.455. The Kier molecular flexibility index (Phi) is 5.21. The molecule has 0 saturated carbocycles. The summed E-state index contributed by atoms with van der Waals surface area (Å²) in [4.78, 5) is 32.6. The zero-order chi connectivity index (χ0) is 15.3. The Morgan fingerprint density at radius 2 is 2.25 bits per heavy atom. The number of rotatable bonds is 7. The minimum absolute atomic E-state index is 0.244. The number of hydrogen-bond donors (Lipinski definition) is 2. The van der Waals surface area contributed by atoms with Crippen LogP contribution < -0.4 is 5.32 Å². The Bertz CT molecular complexity index is 524. The summed E-state index contributed by atoms with van der Waals surface area (Å²) < 4.78 is 5.87. The molecule has 0 aromatic carbocycles. The van der Waals surface area contributed by atoms with E-state index in [1.54, 1.807) is 6.92 Å². The molecule has 1 aromatic heterocycles. The maximum Gasteiger partial charge on any atom is 0.352 e. The van der Waals surface area contributed by atoms with Crippen LogP contribution >= 0.6 is 0 Å². The lowest BCUT2D eigenvalue weighted by Gasteiger charge is -2.13. The number of carboxylic acids is 1. The maximum absolute atomic E-state index is 11.7. The zero-order valence-electron chi connectivity index (χ0n) is 11.0. The molecular formula is C11H15N3O6. The average molecular weight is 285 g/mol. The van der Waals surface area contributed by atoms with Gasteiger partial charge < -0.3 is 19.7 Å². The Labute approximate surface area is 114 Å². The van der Waals surface area contributed by atoms with Crippen molar-refractivity contribution in [3.8, 4) is 0 Å². The number of nitrogens with one attached hydrogen (secondary N) is 1. The van der Waals surface area contributed by atoms with Gasteiger partial charge in [-0.2, -0.15) is 0 Å². The molecule has 110 valence electrons. The quantitative estimate of drug-likeness (QED) is 0.546. The van der Waals surface area contributed by atoms with Crippen molar-refractivity contribution in [2.75, 3.05) is 13.7 Å². The van der Waals surface area contributed by atoms with E-state index in [2.05, 4.69) is 5.32 Å². The van der Waals surface area contributed by atoms with E-state index >= 15 is 0 Å². The normalized spacial score (nSPS) is 11.9. The molecule has 1 unspecified atom stereocenters. The summed E-state index contributed by atoms with van der Waals surface area (Å²) in [7, 11) is 1.49. The van der Waals surface area contributed by atoms with Gasteiger partial charge in [0.25, 0.3) is 5.69 Å². The van der Waals surface area contributed by atoms with E-state index < -0.39 is 16.8 Å². The number of methoxy groups -OCH3 is 1. The van der Waals surface area contributed by atoms with Gasteiger partial charge in [0.1, 0.15) is 12.2 Å². The minimum atomic E-state index is -1.34. The standard InChI is InChI=1S/C11H15N3O6/c1-7(6-20-2)12-10(15)5-13-4-8(14(18)19)3-9(13)11(16)17/h3-4,7H,5-6H2,1-2H3,(H,12,15)(H,16,17). The van der Waals surface area contributed by atoms with E-state index in [1.165, 1.54) is 7.11 Å². The van der Waals surface area contributed by atoms with E-state index in [0.717, 1.165) is 16.8 Å². The number of hydrogen-bond acceptors (Lipinski definition) is 5. The number of carbonyl (C=O) groups excluding carboxylic acids is 1. The van der Waals surface area contributed by atoms with E-state index in [1.807, 2.05) is 0 Å². The third-order valence-electron chi connectivity index (χ3n) is 2.45. The number of ether oxygens (including phenoxy) is 1. The molecule has 0 spiro atoms. The van der Waals surface area contributed by atoms with Gasteiger partial charge in [-0.25, -0.2) is 4.79 Å². The Balaban J connectivity index is 2.83. The van der Waals surface area contributed by atoms with E-state index in [0.29, 0.717) is 6.61 Å². The van der Waals surface area contributed by atoms with Crippen molar-refractivity contribution in [2.45, 2.75) is 19.5 Å². The smallest absolute Gasteiger partial charge is 0.352 e. The average Bonchev–Trinajstić information content (AvgIpc) is 2.73. The van der Waals surface area contributed by atoms with Crippen LogP contribution in [0, 0.1) is 10.1 Å². The Hall–Kier alpha value is -2.42. The van der Waals surface area contributed by atoms with Gasteiger partial charge in [0.15, 0.2) is 0 Å². The fourth-order valence-corrected chi connectivity index (χ4v) is 1.67. The van der Waals surface area contributed by atoms with Crippen LogP contribution in [0.25, 0.3) is 0 Å².